The Kier molecular flexibility index (Phi) is 1.73. The van der Waals surface area contributed by atoms with E-state index >= 15 is 0 Å². The standard InChI is InChI=1S/C9H16O2/c1-8(2,6-7(10)11)9(3)4-5-9/h4-6H2,1-3H3,(H,10,11). The van der Waals surface area contributed by atoms with Gasteiger partial charge in [-0.25, -0.2) is 0 Å². The highest BCUT2D eigenvalue weighted by Crippen LogP contribution is 2.59. The van der Waals surface area contributed by atoms with Crippen molar-refractivity contribution < 1.29 is 9.90 Å². The molecule has 2 heteroatoms. The molecule has 1 fully saturated rings. The molecule has 0 aromatic carbocycles. The Hall–Kier alpha value is -0.530. The molecule has 0 aromatic heterocycles. The van der Waals surface area contributed by atoms with Crippen LogP contribution in [0, 0.1) is 10.8 Å². The number of carboxylic acids is 1. The van der Waals surface area contributed by atoms with Gasteiger partial charge < -0.3 is 5.11 Å². The van der Waals surface area contributed by atoms with Gasteiger partial charge in [-0.3, -0.25) is 4.79 Å². The lowest BCUT2D eigenvalue weighted by molar-refractivity contribution is -0.140. The van der Waals surface area contributed by atoms with Crippen LogP contribution in [0.1, 0.15) is 40.0 Å². The van der Waals surface area contributed by atoms with E-state index in [9.17, 15) is 4.79 Å². The van der Waals surface area contributed by atoms with Crippen LogP contribution in [-0.2, 0) is 4.79 Å². The molecular formula is C9H16O2. The van der Waals surface area contributed by atoms with Crippen molar-refractivity contribution in [3.63, 3.8) is 0 Å². The summed E-state index contributed by atoms with van der Waals surface area (Å²) in [4.78, 5) is 10.5. The van der Waals surface area contributed by atoms with Crippen LogP contribution in [0.25, 0.3) is 0 Å². The van der Waals surface area contributed by atoms with Crippen molar-refractivity contribution in [2.75, 3.05) is 0 Å². The van der Waals surface area contributed by atoms with Crippen molar-refractivity contribution in [1.29, 1.82) is 0 Å². The summed E-state index contributed by atoms with van der Waals surface area (Å²) >= 11 is 0. The Morgan fingerprint density at radius 1 is 1.55 bits per heavy atom. The molecule has 1 N–H and O–H groups in total. The zero-order valence-electron chi connectivity index (χ0n) is 7.48. The summed E-state index contributed by atoms with van der Waals surface area (Å²) in [6.45, 7) is 6.28. The lowest BCUT2D eigenvalue weighted by atomic mass is 9.74. The number of rotatable bonds is 3. The molecule has 0 heterocycles. The third-order valence-electron chi connectivity index (χ3n) is 3.23. The molecule has 1 aliphatic rings. The van der Waals surface area contributed by atoms with Gasteiger partial charge in [-0.15, -0.1) is 0 Å². The molecular weight excluding hydrogens is 140 g/mol. The van der Waals surface area contributed by atoms with E-state index in [1.165, 1.54) is 12.8 Å². The van der Waals surface area contributed by atoms with Crippen LogP contribution < -0.4 is 0 Å². The van der Waals surface area contributed by atoms with Gasteiger partial charge in [0.2, 0.25) is 0 Å². The monoisotopic (exact) mass is 156 g/mol. The molecule has 0 amide bonds. The summed E-state index contributed by atoms with van der Waals surface area (Å²) in [7, 11) is 0. The Balaban J connectivity index is 2.59. The quantitative estimate of drug-likeness (QED) is 0.680. The first kappa shape index (κ1) is 8.57. The molecule has 0 spiro atoms. The number of hydrogen-bond donors (Lipinski definition) is 1. The zero-order valence-corrected chi connectivity index (χ0v) is 7.48. The number of hydrogen-bond acceptors (Lipinski definition) is 1. The van der Waals surface area contributed by atoms with Gasteiger partial charge in [-0.2, -0.15) is 0 Å². The fourth-order valence-corrected chi connectivity index (χ4v) is 1.46. The fourth-order valence-electron chi connectivity index (χ4n) is 1.46. The molecule has 0 atom stereocenters. The maximum Gasteiger partial charge on any atom is 0.303 e. The molecule has 64 valence electrons. The molecule has 0 unspecified atom stereocenters. The highest BCUT2D eigenvalue weighted by molar-refractivity contribution is 5.67. The molecule has 1 saturated carbocycles. The normalized spacial score (nSPS) is 21.4. The summed E-state index contributed by atoms with van der Waals surface area (Å²) in [6, 6.07) is 0. The molecule has 0 radical (unpaired) electrons. The van der Waals surface area contributed by atoms with E-state index in [-0.39, 0.29) is 5.41 Å². The van der Waals surface area contributed by atoms with Crippen molar-refractivity contribution in [2.24, 2.45) is 10.8 Å². The van der Waals surface area contributed by atoms with Crippen LogP contribution in [0.3, 0.4) is 0 Å². The second-order valence-electron chi connectivity index (χ2n) is 4.52. The van der Waals surface area contributed by atoms with Crippen molar-refractivity contribution in [2.45, 2.75) is 40.0 Å². The molecule has 1 aliphatic carbocycles. The van der Waals surface area contributed by atoms with E-state index in [2.05, 4.69) is 6.92 Å². The van der Waals surface area contributed by atoms with Crippen LogP contribution >= 0.6 is 0 Å². The van der Waals surface area contributed by atoms with Gasteiger partial charge in [0.15, 0.2) is 0 Å². The van der Waals surface area contributed by atoms with Gasteiger partial charge in [-0.05, 0) is 23.7 Å². The van der Waals surface area contributed by atoms with E-state index in [0.717, 1.165) is 0 Å². The van der Waals surface area contributed by atoms with E-state index in [1.807, 2.05) is 13.8 Å². The van der Waals surface area contributed by atoms with Gasteiger partial charge >= 0.3 is 5.97 Å². The predicted octanol–water partition coefficient (Wildman–Crippen LogP) is 2.29. The predicted molar refractivity (Wildman–Crippen MR) is 43.4 cm³/mol. The van der Waals surface area contributed by atoms with E-state index in [0.29, 0.717) is 11.8 Å². The Labute approximate surface area is 67.6 Å². The van der Waals surface area contributed by atoms with Gasteiger partial charge in [0.1, 0.15) is 0 Å². The average Bonchev–Trinajstić information content (AvgIpc) is 2.44. The third kappa shape index (κ3) is 1.55. The maximum absolute atomic E-state index is 10.5. The highest BCUT2D eigenvalue weighted by Gasteiger charge is 2.50. The topological polar surface area (TPSA) is 37.3 Å². The first-order chi connectivity index (χ1) is 4.87. The first-order valence-electron chi connectivity index (χ1n) is 4.09. The highest BCUT2D eigenvalue weighted by atomic mass is 16.4. The van der Waals surface area contributed by atoms with E-state index in [1.54, 1.807) is 0 Å². The summed E-state index contributed by atoms with van der Waals surface area (Å²) < 4.78 is 0. The summed E-state index contributed by atoms with van der Waals surface area (Å²) in [5, 5.41) is 8.64. The lowest BCUT2D eigenvalue weighted by Gasteiger charge is -2.30. The third-order valence-corrected chi connectivity index (χ3v) is 3.23. The van der Waals surface area contributed by atoms with Gasteiger partial charge in [0.25, 0.3) is 0 Å². The second kappa shape index (κ2) is 2.23. The SMILES string of the molecule is CC(C)(CC(=O)O)C1(C)CC1. The Bertz CT molecular complexity index is 178. The van der Waals surface area contributed by atoms with E-state index < -0.39 is 5.97 Å². The fraction of sp³-hybridized carbons (Fsp3) is 0.889. The van der Waals surface area contributed by atoms with Crippen molar-refractivity contribution in [3.05, 3.63) is 0 Å². The Morgan fingerprint density at radius 3 is 2.27 bits per heavy atom. The first-order valence-corrected chi connectivity index (χ1v) is 4.09. The van der Waals surface area contributed by atoms with Gasteiger partial charge in [-0.1, -0.05) is 20.8 Å². The van der Waals surface area contributed by atoms with Crippen molar-refractivity contribution >= 4 is 5.97 Å². The average molecular weight is 156 g/mol. The number of carboxylic acid groups (broad SMARTS) is 1. The number of carbonyl (C=O) groups is 1. The molecule has 0 saturated heterocycles. The molecule has 11 heavy (non-hydrogen) atoms. The minimum absolute atomic E-state index is 0.0289. The van der Waals surface area contributed by atoms with Crippen molar-refractivity contribution in [1.82, 2.24) is 0 Å². The minimum Gasteiger partial charge on any atom is -0.481 e. The molecule has 0 aromatic rings. The molecule has 0 aliphatic heterocycles. The maximum atomic E-state index is 10.5. The van der Waals surface area contributed by atoms with Crippen molar-refractivity contribution in [3.8, 4) is 0 Å². The largest absolute Gasteiger partial charge is 0.481 e. The van der Waals surface area contributed by atoms with E-state index in [4.69, 9.17) is 5.11 Å². The van der Waals surface area contributed by atoms with Crippen LogP contribution in [0.4, 0.5) is 0 Å². The second-order valence-corrected chi connectivity index (χ2v) is 4.52. The van der Waals surface area contributed by atoms with Gasteiger partial charge in [0.05, 0.1) is 6.42 Å². The molecule has 0 bridgehead atoms. The molecule has 1 rings (SSSR count). The summed E-state index contributed by atoms with van der Waals surface area (Å²) in [6.07, 6.45) is 2.67. The van der Waals surface area contributed by atoms with Crippen LogP contribution in [0.2, 0.25) is 0 Å². The lowest BCUT2D eigenvalue weighted by Crippen LogP contribution is -2.26. The van der Waals surface area contributed by atoms with Crippen LogP contribution in [0.5, 0.6) is 0 Å². The van der Waals surface area contributed by atoms with Crippen LogP contribution in [-0.4, -0.2) is 11.1 Å². The number of aliphatic carboxylic acids is 1. The van der Waals surface area contributed by atoms with Crippen LogP contribution in [0.15, 0.2) is 0 Å². The smallest absolute Gasteiger partial charge is 0.303 e. The minimum atomic E-state index is -0.678. The summed E-state index contributed by atoms with van der Waals surface area (Å²) in [5.74, 6) is -0.678. The Morgan fingerprint density at radius 2 is 2.00 bits per heavy atom. The summed E-state index contributed by atoms with van der Waals surface area (Å²) in [5.41, 5.74) is 0.268. The van der Waals surface area contributed by atoms with Gasteiger partial charge in [0, 0.05) is 0 Å². The molecule has 2 nitrogen and oxygen atoms in total. The zero-order chi connectivity index (χ0) is 8.70.